The Morgan fingerprint density at radius 1 is 1.25 bits per heavy atom. The molecule has 71 valence electrons. The van der Waals surface area contributed by atoms with Crippen molar-refractivity contribution in [2.75, 3.05) is 19.6 Å². The largest absolute Gasteiger partial charge is 0.314 e. The molecule has 1 heterocycles. The Morgan fingerprint density at radius 2 is 2.00 bits per heavy atom. The first kappa shape index (κ1) is 10.0. The molecule has 0 spiro atoms. The zero-order valence-corrected chi connectivity index (χ0v) is 8.18. The molecule has 1 aliphatic heterocycles. The van der Waals surface area contributed by atoms with E-state index in [4.69, 9.17) is 0 Å². The summed E-state index contributed by atoms with van der Waals surface area (Å²) in [5, 5.41) is 7.93. The molecule has 1 saturated heterocycles. The fraction of sp³-hybridized carbons (Fsp3) is 1.00. The number of nitrogens with one attached hydrogen (secondary N) is 1. The van der Waals surface area contributed by atoms with Crippen LogP contribution < -0.4 is 10.6 Å². The van der Waals surface area contributed by atoms with Crippen LogP contribution in [0.1, 0.15) is 39.0 Å². The number of hydrogen-bond acceptors (Lipinski definition) is 1. The van der Waals surface area contributed by atoms with Crippen LogP contribution in [0.2, 0.25) is 0 Å². The van der Waals surface area contributed by atoms with Gasteiger partial charge in [0.25, 0.3) is 0 Å². The second-order valence-corrected chi connectivity index (χ2v) is 3.61. The number of nitrogens with zero attached hydrogens (tertiary/aromatic N) is 1. The second kappa shape index (κ2) is 6.44. The molecule has 2 heteroatoms. The van der Waals surface area contributed by atoms with Crippen molar-refractivity contribution in [2.45, 2.75) is 45.1 Å². The maximum absolute atomic E-state index is 4.33. The predicted molar refractivity (Wildman–Crippen MR) is 52.4 cm³/mol. The highest BCUT2D eigenvalue weighted by Gasteiger charge is 2.11. The van der Waals surface area contributed by atoms with Gasteiger partial charge in [0.05, 0.1) is 0 Å². The van der Waals surface area contributed by atoms with Crippen LogP contribution in [0.15, 0.2) is 0 Å². The van der Waals surface area contributed by atoms with E-state index in [-0.39, 0.29) is 0 Å². The quantitative estimate of drug-likeness (QED) is 0.621. The minimum absolute atomic E-state index is 0.763. The molecule has 0 amide bonds. The zero-order chi connectivity index (χ0) is 8.65. The Morgan fingerprint density at radius 3 is 2.67 bits per heavy atom. The summed E-state index contributed by atoms with van der Waals surface area (Å²) in [4.78, 5) is 0. The van der Waals surface area contributed by atoms with Gasteiger partial charge in [0.1, 0.15) is 0 Å². The van der Waals surface area contributed by atoms with Gasteiger partial charge in [0, 0.05) is 19.1 Å². The first-order valence-corrected chi connectivity index (χ1v) is 5.30. The van der Waals surface area contributed by atoms with Gasteiger partial charge in [-0.2, -0.15) is 0 Å². The van der Waals surface area contributed by atoms with Gasteiger partial charge in [-0.05, 0) is 25.8 Å². The normalized spacial score (nSPS) is 19.8. The van der Waals surface area contributed by atoms with Crippen LogP contribution in [0.3, 0.4) is 0 Å². The summed E-state index contributed by atoms with van der Waals surface area (Å²) in [5.74, 6) is 0. The third-order valence-corrected chi connectivity index (χ3v) is 2.48. The van der Waals surface area contributed by atoms with E-state index in [1.807, 2.05) is 0 Å². The summed E-state index contributed by atoms with van der Waals surface area (Å²) >= 11 is 0. The lowest BCUT2D eigenvalue weighted by molar-refractivity contribution is 0.380. The van der Waals surface area contributed by atoms with Crippen LogP contribution in [0.5, 0.6) is 0 Å². The van der Waals surface area contributed by atoms with Gasteiger partial charge in [-0.3, -0.25) is 0 Å². The van der Waals surface area contributed by atoms with E-state index in [1.54, 1.807) is 0 Å². The zero-order valence-electron chi connectivity index (χ0n) is 8.18. The average molecular weight is 169 g/mol. The SMILES string of the molecule is CCCCCNC1CC[N]CC1. The van der Waals surface area contributed by atoms with Gasteiger partial charge in [-0.25, -0.2) is 5.32 Å². The van der Waals surface area contributed by atoms with Gasteiger partial charge in [0.15, 0.2) is 0 Å². The fourth-order valence-electron chi connectivity index (χ4n) is 1.64. The third-order valence-electron chi connectivity index (χ3n) is 2.48. The van der Waals surface area contributed by atoms with Crippen molar-refractivity contribution in [2.24, 2.45) is 0 Å². The molecular weight excluding hydrogens is 148 g/mol. The molecule has 1 rings (SSSR count). The standard InChI is InChI=1S/C10H21N2/c1-2-3-4-7-12-10-5-8-11-9-6-10/h10,12H,2-9H2,1H3. The van der Waals surface area contributed by atoms with Crippen LogP contribution in [0, 0.1) is 0 Å². The predicted octanol–water partition coefficient (Wildman–Crippen LogP) is 1.53. The van der Waals surface area contributed by atoms with Crippen molar-refractivity contribution < 1.29 is 0 Å². The highest BCUT2D eigenvalue weighted by molar-refractivity contribution is 4.73. The third kappa shape index (κ3) is 4.07. The Bertz CT molecular complexity index is 98.0. The molecule has 0 unspecified atom stereocenters. The molecule has 0 aromatic heterocycles. The Hall–Kier alpha value is -0.0800. The summed E-state index contributed by atoms with van der Waals surface area (Å²) in [7, 11) is 0. The summed E-state index contributed by atoms with van der Waals surface area (Å²) in [6.45, 7) is 5.61. The smallest absolute Gasteiger partial charge is 0.0148 e. The Labute approximate surface area is 76.1 Å². The molecular formula is C10H21N2. The fourth-order valence-corrected chi connectivity index (χ4v) is 1.64. The van der Waals surface area contributed by atoms with Gasteiger partial charge in [-0.15, -0.1) is 0 Å². The molecule has 1 radical (unpaired) electrons. The van der Waals surface area contributed by atoms with Crippen molar-refractivity contribution in [3.05, 3.63) is 0 Å². The van der Waals surface area contributed by atoms with E-state index in [0.717, 1.165) is 19.1 Å². The lowest BCUT2D eigenvalue weighted by Gasteiger charge is -2.22. The van der Waals surface area contributed by atoms with E-state index >= 15 is 0 Å². The van der Waals surface area contributed by atoms with Crippen molar-refractivity contribution in [3.63, 3.8) is 0 Å². The number of hydrogen-bond donors (Lipinski definition) is 1. The van der Waals surface area contributed by atoms with E-state index < -0.39 is 0 Å². The molecule has 2 nitrogen and oxygen atoms in total. The number of piperidine rings is 1. The molecule has 0 atom stereocenters. The summed E-state index contributed by atoms with van der Waals surface area (Å²) in [6.07, 6.45) is 6.54. The topological polar surface area (TPSA) is 26.1 Å². The maximum Gasteiger partial charge on any atom is 0.0148 e. The molecule has 0 aliphatic carbocycles. The molecule has 1 aliphatic rings. The average Bonchev–Trinajstić information content (AvgIpc) is 2.14. The van der Waals surface area contributed by atoms with Crippen molar-refractivity contribution >= 4 is 0 Å². The monoisotopic (exact) mass is 169 g/mol. The summed E-state index contributed by atoms with van der Waals surface area (Å²) < 4.78 is 0. The van der Waals surface area contributed by atoms with Gasteiger partial charge in [-0.1, -0.05) is 19.8 Å². The van der Waals surface area contributed by atoms with Gasteiger partial charge in [0.2, 0.25) is 0 Å². The van der Waals surface area contributed by atoms with Crippen molar-refractivity contribution in [3.8, 4) is 0 Å². The summed E-state index contributed by atoms with van der Waals surface area (Å²) in [5.41, 5.74) is 0. The molecule has 0 saturated carbocycles. The van der Waals surface area contributed by atoms with E-state index in [1.165, 1.54) is 38.6 Å². The Kier molecular flexibility index (Phi) is 5.37. The number of rotatable bonds is 5. The lowest BCUT2D eigenvalue weighted by Crippen LogP contribution is -2.37. The molecule has 0 aromatic carbocycles. The summed E-state index contributed by atoms with van der Waals surface area (Å²) in [6, 6.07) is 0.763. The van der Waals surface area contributed by atoms with Crippen LogP contribution >= 0.6 is 0 Å². The minimum Gasteiger partial charge on any atom is -0.314 e. The molecule has 1 N–H and O–H groups in total. The highest BCUT2D eigenvalue weighted by Crippen LogP contribution is 2.03. The van der Waals surface area contributed by atoms with E-state index in [0.29, 0.717) is 0 Å². The minimum atomic E-state index is 0.763. The molecule has 1 fully saturated rings. The lowest BCUT2D eigenvalue weighted by atomic mass is 10.1. The first-order chi connectivity index (χ1) is 5.93. The molecule has 0 bridgehead atoms. The maximum atomic E-state index is 4.33. The molecule has 12 heavy (non-hydrogen) atoms. The highest BCUT2D eigenvalue weighted by atomic mass is 15.0. The van der Waals surface area contributed by atoms with Crippen LogP contribution in [0.4, 0.5) is 0 Å². The second-order valence-electron chi connectivity index (χ2n) is 3.61. The Balaban J connectivity index is 1.91. The van der Waals surface area contributed by atoms with Crippen LogP contribution in [-0.2, 0) is 0 Å². The van der Waals surface area contributed by atoms with Gasteiger partial charge >= 0.3 is 0 Å². The van der Waals surface area contributed by atoms with Crippen LogP contribution in [0.25, 0.3) is 0 Å². The van der Waals surface area contributed by atoms with E-state index in [2.05, 4.69) is 17.6 Å². The number of unbranched alkanes of at least 4 members (excludes halogenated alkanes) is 2. The van der Waals surface area contributed by atoms with E-state index in [9.17, 15) is 0 Å². The first-order valence-electron chi connectivity index (χ1n) is 5.30. The van der Waals surface area contributed by atoms with Crippen molar-refractivity contribution in [1.82, 2.24) is 10.6 Å². The molecule has 0 aromatic rings. The van der Waals surface area contributed by atoms with Crippen molar-refractivity contribution in [1.29, 1.82) is 0 Å². The van der Waals surface area contributed by atoms with Gasteiger partial charge < -0.3 is 5.32 Å². The van der Waals surface area contributed by atoms with Crippen LogP contribution in [-0.4, -0.2) is 25.7 Å².